The predicted octanol–water partition coefficient (Wildman–Crippen LogP) is 3.39. The van der Waals surface area contributed by atoms with Crippen LogP contribution in [0.2, 0.25) is 0 Å². The van der Waals surface area contributed by atoms with E-state index in [0.29, 0.717) is 24.0 Å². The van der Waals surface area contributed by atoms with Gasteiger partial charge in [-0.3, -0.25) is 9.59 Å². The van der Waals surface area contributed by atoms with E-state index in [1.807, 2.05) is 6.92 Å². The average molecular weight is 325 g/mol. The lowest BCUT2D eigenvalue weighted by Gasteiger charge is -2.26. The van der Waals surface area contributed by atoms with Crippen LogP contribution in [0.15, 0.2) is 11.6 Å². The highest BCUT2D eigenvalue weighted by Gasteiger charge is 2.21. The Morgan fingerprint density at radius 3 is 2.59 bits per heavy atom. The number of amides is 2. The summed E-state index contributed by atoms with van der Waals surface area (Å²) < 4.78 is 0. The number of aromatic nitrogens is 1. The van der Waals surface area contributed by atoms with Gasteiger partial charge in [0, 0.05) is 24.5 Å². The second-order valence-electron chi connectivity index (χ2n) is 6.87. The molecule has 124 valence electrons. The lowest BCUT2D eigenvalue weighted by molar-refractivity contribution is -0.135. The zero-order valence-electron chi connectivity index (χ0n) is 14.2. The number of carbonyl (C=O) groups excluding carboxylic acids is 2. The van der Waals surface area contributed by atoms with E-state index in [2.05, 4.69) is 38.0 Å². The molecule has 0 aromatic carbocycles. The second-order valence-corrected chi connectivity index (χ2v) is 7.76. The van der Waals surface area contributed by atoms with Gasteiger partial charge in [0.15, 0.2) is 5.13 Å². The molecule has 6 heteroatoms. The van der Waals surface area contributed by atoms with Gasteiger partial charge in [-0.2, -0.15) is 0 Å². The molecule has 1 unspecified atom stereocenters. The first-order valence-electron chi connectivity index (χ1n) is 7.68. The first-order chi connectivity index (χ1) is 10.2. The highest BCUT2D eigenvalue weighted by molar-refractivity contribution is 7.13. The molecule has 5 nitrogen and oxygen atoms in total. The van der Waals surface area contributed by atoms with Crippen LogP contribution in [-0.4, -0.2) is 34.8 Å². The van der Waals surface area contributed by atoms with Gasteiger partial charge in [0.2, 0.25) is 11.8 Å². The molecule has 1 aromatic heterocycles. The van der Waals surface area contributed by atoms with Crippen LogP contribution in [0.5, 0.6) is 0 Å². The molecule has 1 N–H and O–H groups in total. The maximum atomic E-state index is 12.3. The van der Waals surface area contributed by atoms with Crippen molar-refractivity contribution in [2.45, 2.75) is 47.5 Å². The Kier molecular flexibility index (Phi) is 7.00. The fourth-order valence-electron chi connectivity index (χ4n) is 2.54. The smallest absolute Gasteiger partial charge is 0.245 e. The van der Waals surface area contributed by atoms with Crippen molar-refractivity contribution in [1.29, 1.82) is 0 Å². The summed E-state index contributed by atoms with van der Waals surface area (Å²) in [6, 6.07) is 0. The standard InChI is InChI=1S/C16H27N3O2S/c1-6-19(11-13(20)18-15-17-7-8-22-15)14(21)9-12(2)10-16(3,4)5/h7-8,12H,6,9-11H2,1-5H3,(H,17,18,20). The van der Waals surface area contributed by atoms with Gasteiger partial charge in [-0.15, -0.1) is 11.3 Å². The normalized spacial score (nSPS) is 12.8. The Bertz CT molecular complexity index is 480. The molecule has 0 saturated heterocycles. The molecule has 1 rings (SSSR count). The quantitative estimate of drug-likeness (QED) is 0.836. The fourth-order valence-corrected chi connectivity index (χ4v) is 3.08. The molecular formula is C16H27N3O2S. The maximum Gasteiger partial charge on any atom is 0.245 e. The van der Waals surface area contributed by atoms with Crippen LogP contribution >= 0.6 is 11.3 Å². The van der Waals surface area contributed by atoms with Crippen molar-refractivity contribution >= 4 is 28.3 Å². The van der Waals surface area contributed by atoms with E-state index in [0.717, 1.165) is 6.42 Å². The summed E-state index contributed by atoms with van der Waals surface area (Å²) in [6.45, 7) is 11.1. The van der Waals surface area contributed by atoms with E-state index < -0.39 is 0 Å². The third-order valence-corrected chi connectivity index (χ3v) is 3.92. The number of hydrogen-bond donors (Lipinski definition) is 1. The Morgan fingerprint density at radius 2 is 2.09 bits per heavy atom. The van der Waals surface area contributed by atoms with E-state index in [4.69, 9.17) is 0 Å². The summed E-state index contributed by atoms with van der Waals surface area (Å²) in [5.74, 6) is 0.144. The summed E-state index contributed by atoms with van der Waals surface area (Å²) in [7, 11) is 0. The Hall–Kier alpha value is -1.43. The van der Waals surface area contributed by atoms with Gasteiger partial charge in [0.1, 0.15) is 0 Å². The number of thiazole rings is 1. The highest BCUT2D eigenvalue weighted by atomic mass is 32.1. The summed E-state index contributed by atoms with van der Waals surface area (Å²) in [5.41, 5.74) is 0.207. The molecular weight excluding hydrogens is 298 g/mol. The van der Waals surface area contributed by atoms with E-state index in [9.17, 15) is 9.59 Å². The zero-order valence-corrected chi connectivity index (χ0v) is 15.0. The fraction of sp³-hybridized carbons (Fsp3) is 0.688. The molecule has 1 heterocycles. The molecule has 2 amide bonds. The number of likely N-dealkylation sites (N-methyl/N-ethyl adjacent to an activating group) is 1. The second kappa shape index (κ2) is 8.27. The molecule has 1 aromatic rings. The van der Waals surface area contributed by atoms with Gasteiger partial charge < -0.3 is 10.2 Å². The van der Waals surface area contributed by atoms with Gasteiger partial charge >= 0.3 is 0 Å². The average Bonchev–Trinajstić information content (AvgIpc) is 2.85. The summed E-state index contributed by atoms with van der Waals surface area (Å²) >= 11 is 1.36. The summed E-state index contributed by atoms with van der Waals surface area (Å²) in [6.07, 6.45) is 3.11. The molecule has 0 spiro atoms. The van der Waals surface area contributed by atoms with Crippen LogP contribution in [0.25, 0.3) is 0 Å². The van der Waals surface area contributed by atoms with Crippen LogP contribution in [0.4, 0.5) is 5.13 Å². The number of nitrogens with one attached hydrogen (secondary N) is 1. The zero-order chi connectivity index (χ0) is 16.8. The molecule has 0 fully saturated rings. The summed E-state index contributed by atoms with van der Waals surface area (Å²) in [5, 5.41) is 5.07. The molecule has 1 atom stereocenters. The molecule has 0 aliphatic rings. The maximum absolute atomic E-state index is 12.3. The molecule has 0 bridgehead atoms. The van der Waals surface area contributed by atoms with Crippen LogP contribution in [-0.2, 0) is 9.59 Å². The van der Waals surface area contributed by atoms with Crippen LogP contribution in [0, 0.1) is 11.3 Å². The number of nitrogens with zero attached hydrogens (tertiary/aromatic N) is 2. The molecule has 0 aliphatic carbocycles. The minimum absolute atomic E-state index is 0.0357. The van der Waals surface area contributed by atoms with Crippen molar-refractivity contribution in [3.05, 3.63) is 11.6 Å². The SMILES string of the molecule is CCN(CC(=O)Nc1nccs1)C(=O)CC(C)CC(C)(C)C. The Balaban J connectivity index is 2.48. The molecule has 0 radical (unpaired) electrons. The number of anilines is 1. The third-order valence-electron chi connectivity index (χ3n) is 3.23. The lowest BCUT2D eigenvalue weighted by Crippen LogP contribution is -2.38. The van der Waals surface area contributed by atoms with Crippen molar-refractivity contribution < 1.29 is 9.59 Å². The Morgan fingerprint density at radius 1 is 1.41 bits per heavy atom. The van der Waals surface area contributed by atoms with Crippen LogP contribution in [0.3, 0.4) is 0 Å². The minimum atomic E-state index is -0.200. The van der Waals surface area contributed by atoms with E-state index in [1.54, 1.807) is 16.5 Å². The van der Waals surface area contributed by atoms with Gasteiger partial charge in [0.25, 0.3) is 0 Å². The minimum Gasteiger partial charge on any atom is -0.334 e. The summed E-state index contributed by atoms with van der Waals surface area (Å²) in [4.78, 5) is 29.9. The molecule has 0 saturated carbocycles. The lowest BCUT2D eigenvalue weighted by atomic mass is 9.84. The number of carbonyl (C=O) groups is 2. The van der Waals surface area contributed by atoms with Crippen molar-refractivity contribution in [1.82, 2.24) is 9.88 Å². The number of hydrogen-bond acceptors (Lipinski definition) is 4. The first-order valence-corrected chi connectivity index (χ1v) is 8.56. The van der Waals surface area contributed by atoms with Gasteiger partial charge in [-0.05, 0) is 24.7 Å². The van der Waals surface area contributed by atoms with Crippen LogP contribution in [0.1, 0.15) is 47.5 Å². The van der Waals surface area contributed by atoms with Crippen molar-refractivity contribution in [2.75, 3.05) is 18.4 Å². The topological polar surface area (TPSA) is 62.3 Å². The largest absolute Gasteiger partial charge is 0.334 e. The van der Waals surface area contributed by atoms with Gasteiger partial charge in [-0.1, -0.05) is 27.7 Å². The van der Waals surface area contributed by atoms with Gasteiger partial charge in [0.05, 0.1) is 6.54 Å². The van der Waals surface area contributed by atoms with Crippen molar-refractivity contribution in [3.63, 3.8) is 0 Å². The van der Waals surface area contributed by atoms with E-state index >= 15 is 0 Å². The molecule has 0 aliphatic heterocycles. The van der Waals surface area contributed by atoms with E-state index in [1.165, 1.54) is 11.3 Å². The van der Waals surface area contributed by atoms with Gasteiger partial charge in [-0.25, -0.2) is 4.98 Å². The van der Waals surface area contributed by atoms with E-state index in [-0.39, 0.29) is 23.8 Å². The number of rotatable bonds is 7. The third kappa shape index (κ3) is 7.02. The van der Waals surface area contributed by atoms with Crippen molar-refractivity contribution in [3.8, 4) is 0 Å². The first kappa shape index (κ1) is 18.6. The Labute approximate surface area is 137 Å². The molecule has 22 heavy (non-hydrogen) atoms. The van der Waals surface area contributed by atoms with Crippen molar-refractivity contribution in [2.24, 2.45) is 11.3 Å². The monoisotopic (exact) mass is 325 g/mol. The predicted molar refractivity (Wildman–Crippen MR) is 90.9 cm³/mol. The highest BCUT2D eigenvalue weighted by Crippen LogP contribution is 2.26. The van der Waals surface area contributed by atoms with Crippen LogP contribution < -0.4 is 5.32 Å².